The van der Waals surface area contributed by atoms with Crippen LogP contribution in [0, 0.1) is 11.8 Å². The van der Waals surface area contributed by atoms with Crippen LogP contribution in [-0.2, 0) is 0 Å². The van der Waals surface area contributed by atoms with Crippen molar-refractivity contribution in [3.63, 3.8) is 0 Å². The molecule has 3 unspecified atom stereocenters. The second-order valence-corrected chi connectivity index (χ2v) is 18.8. The van der Waals surface area contributed by atoms with Crippen LogP contribution < -0.4 is 0 Å². The molecule has 2 heterocycles. The molecule has 0 saturated heterocycles. The van der Waals surface area contributed by atoms with Crippen molar-refractivity contribution in [3.05, 3.63) is 226 Å². The Bertz CT molecular complexity index is 3690. The van der Waals surface area contributed by atoms with Crippen LogP contribution >= 0.6 is 0 Å². The number of rotatable bonds is 5. The van der Waals surface area contributed by atoms with Crippen molar-refractivity contribution in [2.45, 2.75) is 38.3 Å². The fourth-order valence-electron chi connectivity index (χ4n) is 12.6. The van der Waals surface area contributed by atoms with E-state index in [1.165, 1.54) is 82.8 Å². The summed E-state index contributed by atoms with van der Waals surface area (Å²) in [6.45, 7) is 0. The molecule has 0 spiro atoms. The summed E-state index contributed by atoms with van der Waals surface area (Å²) in [6, 6.07) is 39.3. The summed E-state index contributed by atoms with van der Waals surface area (Å²) in [7, 11) is 0. The molecule has 0 saturated carbocycles. The van der Waals surface area contributed by atoms with Crippen LogP contribution in [0.2, 0.25) is 0 Å². The summed E-state index contributed by atoms with van der Waals surface area (Å²) in [5.74, 6) is -1.67. The van der Waals surface area contributed by atoms with Crippen LogP contribution in [0.1, 0.15) is 54.4 Å². The molecule has 7 aliphatic carbocycles. The van der Waals surface area contributed by atoms with Crippen LogP contribution in [0.5, 0.6) is 0 Å². The molecule has 67 heavy (non-hydrogen) atoms. The highest BCUT2D eigenvalue weighted by Gasteiger charge is 2.46. The van der Waals surface area contributed by atoms with Gasteiger partial charge in [0.15, 0.2) is 0 Å². The van der Waals surface area contributed by atoms with E-state index in [1.807, 2.05) is 42.7 Å². The number of nitrogens with zero attached hydrogens (tertiary/aromatic N) is 2. The fraction of sp³-hybridized carbons (Fsp3) is 0.129. The minimum Gasteiger partial charge on any atom is -0.256 e. The zero-order valence-electron chi connectivity index (χ0n) is 36.5. The Kier molecular flexibility index (Phi) is 8.47. The topological polar surface area (TPSA) is 25.8 Å². The van der Waals surface area contributed by atoms with Gasteiger partial charge >= 0.3 is 0 Å². The number of allylic oxidation sites excluding steroid dienone is 18. The second kappa shape index (κ2) is 14.7. The monoisotopic (exact) mass is 870 g/mol. The first-order valence-electron chi connectivity index (χ1n) is 23.5. The molecule has 0 N–H and O–H groups in total. The average molecular weight is 871 g/mol. The third kappa shape index (κ3) is 5.70. The molecule has 5 heteroatoms. The SMILES string of the molecule is FC1=CC(F)=C(C2=CC3=C(C=C4c5c(c(-c6cccc(-c7ccccn7)c6)c6cc7c8c(cccc8c6c5-c5cccc(-c6ccccn6)c5)C5=C7CCC=C5)C5=CC=CC3C54)CC2)C(F)C1. The van der Waals surface area contributed by atoms with E-state index in [-0.39, 0.29) is 17.4 Å². The van der Waals surface area contributed by atoms with Gasteiger partial charge in [0.1, 0.15) is 17.8 Å². The first kappa shape index (κ1) is 38.6. The van der Waals surface area contributed by atoms with Crippen LogP contribution in [0.4, 0.5) is 13.2 Å². The maximum absolute atomic E-state index is 15.6. The Morgan fingerprint density at radius 2 is 1.33 bits per heavy atom. The molecule has 2 aromatic heterocycles. The van der Waals surface area contributed by atoms with Gasteiger partial charge in [-0.25, -0.2) is 13.2 Å². The third-order valence-electron chi connectivity index (χ3n) is 15.3. The number of halogens is 3. The Morgan fingerprint density at radius 3 is 2.07 bits per heavy atom. The van der Waals surface area contributed by atoms with E-state index in [0.717, 1.165) is 58.1 Å². The average Bonchev–Trinajstić information content (AvgIpc) is 3.87. The summed E-state index contributed by atoms with van der Waals surface area (Å²) < 4.78 is 45.4. The van der Waals surface area contributed by atoms with Crippen molar-refractivity contribution in [2.75, 3.05) is 0 Å². The lowest BCUT2D eigenvalue weighted by Gasteiger charge is -2.36. The Balaban J connectivity index is 1.12. The minimum absolute atomic E-state index is 0.000364. The van der Waals surface area contributed by atoms with Gasteiger partial charge in [-0.05, 0) is 173 Å². The lowest BCUT2D eigenvalue weighted by Crippen LogP contribution is -2.23. The van der Waals surface area contributed by atoms with Gasteiger partial charge in [0.2, 0.25) is 0 Å². The highest BCUT2D eigenvalue weighted by molar-refractivity contribution is 6.30. The first-order valence-corrected chi connectivity index (χ1v) is 23.5. The molecule has 0 amide bonds. The molecule has 0 aliphatic heterocycles. The van der Waals surface area contributed by atoms with Crippen molar-refractivity contribution in [2.24, 2.45) is 11.8 Å². The van der Waals surface area contributed by atoms with E-state index in [4.69, 9.17) is 9.97 Å². The molecule has 320 valence electrons. The Labute approximate surface area is 386 Å². The minimum atomic E-state index is -1.72. The molecule has 3 atom stereocenters. The van der Waals surface area contributed by atoms with E-state index < -0.39 is 24.2 Å². The van der Waals surface area contributed by atoms with Crippen molar-refractivity contribution in [3.8, 4) is 44.8 Å². The van der Waals surface area contributed by atoms with Crippen LogP contribution in [-0.4, -0.2) is 16.1 Å². The molecule has 0 radical (unpaired) electrons. The molecule has 2 nitrogen and oxygen atoms in total. The van der Waals surface area contributed by atoms with Crippen molar-refractivity contribution in [1.82, 2.24) is 9.97 Å². The van der Waals surface area contributed by atoms with E-state index in [1.54, 1.807) is 0 Å². The maximum Gasteiger partial charge on any atom is 0.134 e. The fourth-order valence-corrected chi connectivity index (χ4v) is 12.6. The Morgan fingerprint density at radius 1 is 0.597 bits per heavy atom. The molecule has 5 aromatic carbocycles. The molecular formula is C62H41F3N2. The highest BCUT2D eigenvalue weighted by Crippen LogP contribution is 2.64. The Hall–Kier alpha value is -7.63. The van der Waals surface area contributed by atoms with Crippen LogP contribution in [0.25, 0.3) is 88.6 Å². The quantitative estimate of drug-likeness (QED) is 0.161. The smallest absolute Gasteiger partial charge is 0.134 e. The van der Waals surface area contributed by atoms with Gasteiger partial charge < -0.3 is 0 Å². The zero-order chi connectivity index (χ0) is 44.5. The van der Waals surface area contributed by atoms with E-state index >= 15 is 8.78 Å². The normalized spacial score (nSPS) is 21.0. The molecule has 0 bridgehead atoms. The number of benzene rings is 5. The second-order valence-electron chi connectivity index (χ2n) is 18.8. The van der Waals surface area contributed by atoms with Gasteiger partial charge in [0.25, 0.3) is 0 Å². The number of hydrogen-bond donors (Lipinski definition) is 0. The van der Waals surface area contributed by atoms with E-state index in [2.05, 4.69) is 121 Å². The zero-order valence-corrected chi connectivity index (χ0v) is 36.5. The first-order chi connectivity index (χ1) is 33.0. The molecule has 7 aromatic rings. The standard InChI is InChI=1S/C62H41F3N2/c63-40-31-51(64)56(52(65)32-40)39-24-23-34-29-49-59-44(47(34)30-39)18-10-20-46(59)61-55(37-13-7-11-35(27-37)53-21-3-5-25-66-53)50-33-48-42-16-2-1-15-41(42)43-17-9-19-45(58(43)48)60(50)57(62(49)61)38-14-8-12-36(28-38)54-22-4-6-26-67-54/h1,3-15,17-22,25-31,33,44,52,59H,2,16,23-24,32H2. The van der Waals surface area contributed by atoms with Gasteiger partial charge in [-0.3, -0.25) is 9.97 Å². The highest BCUT2D eigenvalue weighted by atomic mass is 19.2. The van der Waals surface area contributed by atoms with Gasteiger partial charge in [-0.2, -0.15) is 0 Å². The largest absolute Gasteiger partial charge is 0.256 e. The van der Waals surface area contributed by atoms with Gasteiger partial charge in [-0.1, -0.05) is 109 Å². The predicted octanol–water partition coefficient (Wildman–Crippen LogP) is 16.5. The number of hydrogen-bond acceptors (Lipinski definition) is 2. The maximum atomic E-state index is 15.6. The van der Waals surface area contributed by atoms with Gasteiger partial charge in [-0.15, -0.1) is 0 Å². The van der Waals surface area contributed by atoms with Crippen LogP contribution in [0.3, 0.4) is 0 Å². The van der Waals surface area contributed by atoms with Crippen molar-refractivity contribution < 1.29 is 13.2 Å². The predicted molar refractivity (Wildman–Crippen MR) is 267 cm³/mol. The molecule has 14 rings (SSSR count). The van der Waals surface area contributed by atoms with Crippen molar-refractivity contribution in [1.29, 1.82) is 0 Å². The summed E-state index contributed by atoms with van der Waals surface area (Å²) in [5.41, 5.74) is 21.8. The summed E-state index contributed by atoms with van der Waals surface area (Å²) in [6.07, 6.45) is 21.4. The number of pyridine rings is 2. The lowest BCUT2D eigenvalue weighted by molar-refractivity contribution is 0.343. The van der Waals surface area contributed by atoms with Gasteiger partial charge in [0, 0.05) is 53.4 Å². The van der Waals surface area contributed by atoms with Crippen LogP contribution in [0.15, 0.2) is 204 Å². The van der Waals surface area contributed by atoms with Gasteiger partial charge in [0.05, 0.1) is 11.4 Å². The summed E-state index contributed by atoms with van der Waals surface area (Å²) >= 11 is 0. The molecular weight excluding hydrogens is 830 g/mol. The van der Waals surface area contributed by atoms with Crippen molar-refractivity contribution >= 4 is 43.8 Å². The lowest BCUT2D eigenvalue weighted by atomic mass is 9.68. The number of fused-ring (bicyclic) bond motifs is 8. The summed E-state index contributed by atoms with van der Waals surface area (Å²) in [4.78, 5) is 9.61. The van der Waals surface area contributed by atoms with E-state index in [0.29, 0.717) is 18.4 Å². The number of aromatic nitrogens is 2. The molecule has 0 fully saturated rings. The summed E-state index contributed by atoms with van der Waals surface area (Å²) in [5, 5.41) is 4.99. The third-order valence-corrected chi connectivity index (χ3v) is 15.3. The van der Waals surface area contributed by atoms with E-state index in [9.17, 15) is 4.39 Å². The number of alkyl halides is 1. The molecule has 7 aliphatic rings.